The third kappa shape index (κ3) is 6.07. The van der Waals surface area contributed by atoms with Crippen molar-refractivity contribution in [3.05, 3.63) is 102 Å². The number of benzene rings is 1. The molecular formula is C32H33FN6O. The van der Waals surface area contributed by atoms with Gasteiger partial charge in [0.25, 0.3) is 0 Å². The molecule has 5 rings (SSSR count). The molecule has 0 unspecified atom stereocenters. The zero-order valence-corrected chi connectivity index (χ0v) is 23.4. The maximum atomic E-state index is 15.2. The topological polar surface area (TPSA) is 75.4 Å². The zero-order chi connectivity index (χ0) is 28.4. The Hall–Kier alpha value is -4.43. The number of imidazole rings is 1. The SMILES string of the molecule is CN(C)Cc1cc(C(C)(C)C)cc(NC(=O)Cc2ccc(-c3cnc4cc(-c5ccccn5)ccn34)cc2F)n1. The van der Waals surface area contributed by atoms with Gasteiger partial charge < -0.3 is 10.2 Å². The number of carbonyl (C=O) groups is 1. The Morgan fingerprint density at radius 1 is 1.00 bits per heavy atom. The van der Waals surface area contributed by atoms with E-state index in [1.807, 2.05) is 72.1 Å². The first kappa shape index (κ1) is 27.1. The summed E-state index contributed by atoms with van der Waals surface area (Å²) in [4.78, 5) is 28.5. The van der Waals surface area contributed by atoms with Crippen molar-refractivity contribution in [1.29, 1.82) is 0 Å². The quantitative estimate of drug-likeness (QED) is 0.271. The Balaban J connectivity index is 1.34. The van der Waals surface area contributed by atoms with Gasteiger partial charge in [-0.05, 0) is 73.1 Å². The largest absolute Gasteiger partial charge is 0.310 e. The summed E-state index contributed by atoms with van der Waals surface area (Å²) in [7, 11) is 3.95. The lowest BCUT2D eigenvalue weighted by Crippen LogP contribution is -2.20. The van der Waals surface area contributed by atoms with Crippen LogP contribution in [-0.2, 0) is 23.2 Å². The second-order valence-electron chi connectivity index (χ2n) is 11.3. The van der Waals surface area contributed by atoms with Crippen molar-refractivity contribution >= 4 is 17.4 Å². The molecule has 8 heteroatoms. The molecule has 1 aromatic carbocycles. The van der Waals surface area contributed by atoms with Gasteiger partial charge >= 0.3 is 0 Å². The second kappa shape index (κ2) is 11.0. The fourth-order valence-corrected chi connectivity index (χ4v) is 4.59. The third-order valence-electron chi connectivity index (χ3n) is 6.66. The highest BCUT2D eigenvalue weighted by Crippen LogP contribution is 2.27. The molecule has 0 aliphatic carbocycles. The van der Waals surface area contributed by atoms with E-state index in [1.54, 1.807) is 18.5 Å². The highest BCUT2D eigenvalue weighted by atomic mass is 19.1. The van der Waals surface area contributed by atoms with E-state index >= 15 is 4.39 Å². The van der Waals surface area contributed by atoms with E-state index in [-0.39, 0.29) is 17.7 Å². The van der Waals surface area contributed by atoms with Crippen molar-refractivity contribution in [3.63, 3.8) is 0 Å². The number of nitrogens with zero attached hydrogens (tertiary/aromatic N) is 5. The summed E-state index contributed by atoms with van der Waals surface area (Å²) in [5.74, 6) is -0.294. The van der Waals surface area contributed by atoms with E-state index in [0.29, 0.717) is 23.5 Å². The van der Waals surface area contributed by atoms with Crippen LogP contribution in [0.2, 0.25) is 0 Å². The first-order valence-corrected chi connectivity index (χ1v) is 13.2. The van der Waals surface area contributed by atoms with Crippen molar-refractivity contribution < 1.29 is 9.18 Å². The van der Waals surface area contributed by atoms with Crippen LogP contribution in [0.25, 0.3) is 28.2 Å². The van der Waals surface area contributed by atoms with Crippen molar-refractivity contribution in [1.82, 2.24) is 24.3 Å². The molecule has 0 aliphatic heterocycles. The molecular weight excluding hydrogens is 503 g/mol. The molecule has 1 amide bonds. The van der Waals surface area contributed by atoms with Gasteiger partial charge in [-0.1, -0.05) is 39.0 Å². The first-order chi connectivity index (χ1) is 19.1. The Bertz CT molecular complexity index is 1670. The maximum absolute atomic E-state index is 15.2. The number of nitrogens with one attached hydrogen (secondary N) is 1. The van der Waals surface area contributed by atoms with Gasteiger partial charge in [0.15, 0.2) is 0 Å². The molecule has 7 nitrogen and oxygen atoms in total. The number of amides is 1. The summed E-state index contributed by atoms with van der Waals surface area (Å²) in [6.45, 7) is 7.00. The van der Waals surface area contributed by atoms with E-state index in [2.05, 4.69) is 47.1 Å². The average molecular weight is 537 g/mol. The van der Waals surface area contributed by atoms with Gasteiger partial charge in [-0.15, -0.1) is 0 Å². The predicted molar refractivity (Wildman–Crippen MR) is 156 cm³/mol. The normalized spacial score (nSPS) is 11.8. The van der Waals surface area contributed by atoms with Crippen LogP contribution in [-0.4, -0.2) is 44.3 Å². The van der Waals surface area contributed by atoms with E-state index < -0.39 is 5.82 Å². The van der Waals surface area contributed by atoms with Gasteiger partial charge in [0, 0.05) is 30.1 Å². The molecule has 0 atom stereocenters. The Labute approximate surface area is 233 Å². The molecule has 40 heavy (non-hydrogen) atoms. The molecule has 0 radical (unpaired) electrons. The van der Waals surface area contributed by atoms with Gasteiger partial charge in [-0.25, -0.2) is 14.4 Å². The van der Waals surface area contributed by atoms with Crippen LogP contribution in [0, 0.1) is 5.82 Å². The minimum absolute atomic E-state index is 0.100. The molecule has 204 valence electrons. The maximum Gasteiger partial charge on any atom is 0.230 e. The molecule has 0 fully saturated rings. The molecule has 0 saturated heterocycles. The van der Waals surface area contributed by atoms with Gasteiger partial charge in [0.05, 0.1) is 29.7 Å². The molecule has 0 saturated carbocycles. The van der Waals surface area contributed by atoms with E-state index in [1.165, 1.54) is 6.07 Å². The Morgan fingerprint density at radius 2 is 1.82 bits per heavy atom. The van der Waals surface area contributed by atoms with Crippen LogP contribution in [0.5, 0.6) is 0 Å². The minimum Gasteiger partial charge on any atom is -0.310 e. The standard InChI is InChI=1S/C32H33FN6O/c1-32(2,3)24-17-25(20-38(4)5)36-29(18-24)37-31(40)16-21-9-10-23(14-26(21)33)28-19-35-30-15-22(11-13-39(28)30)27-8-6-7-12-34-27/h6-15,17-19H,16,20H2,1-5H3,(H,36,37,40). The predicted octanol–water partition coefficient (Wildman–Crippen LogP) is 6.14. The van der Waals surface area contributed by atoms with Gasteiger partial charge in [0.2, 0.25) is 5.91 Å². The first-order valence-electron chi connectivity index (χ1n) is 13.2. The van der Waals surface area contributed by atoms with Gasteiger partial charge in [0.1, 0.15) is 17.3 Å². The molecule has 4 heterocycles. The van der Waals surface area contributed by atoms with Gasteiger partial charge in [-0.2, -0.15) is 0 Å². The molecule has 0 bridgehead atoms. The van der Waals surface area contributed by atoms with Crippen LogP contribution in [0.15, 0.2) is 79.3 Å². The summed E-state index contributed by atoms with van der Waals surface area (Å²) < 4.78 is 17.1. The van der Waals surface area contributed by atoms with E-state index in [9.17, 15) is 4.79 Å². The minimum atomic E-state index is -0.447. The number of carbonyl (C=O) groups excluding carboxylic acids is 1. The van der Waals surface area contributed by atoms with Crippen LogP contribution in [0.4, 0.5) is 10.2 Å². The molecule has 5 aromatic rings. The number of aromatic nitrogens is 4. The summed E-state index contributed by atoms with van der Waals surface area (Å²) in [5, 5.41) is 2.87. The highest BCUT2D eigenvalue weighted by molar-refractivity contribution is 5.91. The zero-order valence-electron chi connectivity index (χ0n) is 23.4. The lowest BCUT2D eigenvalue weighted by atomic mass is 9.87. The number of anilines is 1. The van der Waals surface area contributed by atoms with Crippen LogP contribution in [0.1, 0.15) is 37.6 Å². The summed E-state index contributed by atoms with van der Waals surface area (Å²) in [6.07, 6.45) is 5.28. The molecule has 0 spiro atoms. The average Bonchev–Trinajstić information content (AvgIpc) is 3.33. The number of rotatable bonds is 7. The number of hydrogen-bond donors (Lipinski definition) is 1. The number of pyridine rings is 3. The van der Waals surface area contributed by atoms with Crippen molar-refractivity contribution in [2.75, 3.05) is 19.4 Å². The smallest absolute Gasteiger partial charge is 0.230 e. The second-order valence-corrected chi connectivity index (χ2v) is 11.3. The summed E-state index contributed by atoms with van der Waals surface area (Å²) >= 11 is 0. The summed E-state index contributed by atoms with van der Waals surface area (Å²) in [6, 6.07) is 18.5. The number of fused-ring (bicyclic) bond motifs is 1. The monoisotopic (exact) mass is 536 g/mol. The highest BCUT2D eigenvalue weighted by Gasteiger charge is 2.18. The third-order valence-corrected chi connectivity index (χ3v) is 6.66. The van der Waals surface area contributed by atoms with Gasteiger partial charge in [-0.3, -0.25) is 14.2 Å². The van der Waals surface area contributed by atoms with Crippen molar-refractivity contribution in [2.24, 2.45) is 0 Å². The van der Waals surface area contributed by atoms with E-state index in [0.717, 1.165) is 33.9 Å². The summed E-state index contributed by atoms with van der Waals surface area (Å²) in [5.41, 5.74) is 6.12. The molecule has 1 N–H and O–H groups in total. The molecule has 0 aliphatic rings. The van der Waals surface area contributed by atoms with Crippen molar-refractivity contribution in [3.8, 4) is 22.5 Å². The van der Waals surface area contributed by atoms with Crippen molar-refractivity contribution in [2.45, 2.75) is 39.2 Å². The number of hydrogen-bond acceptors (Lipinski definition) is 5. The van der Waals surface area contributed by atoms with Crippen LogP contribution >= 0.6 is 0 Å². The fourth-order valence-electron chi connectivity index (χ4n) is 4.59. The van der Waals surface area contributed by atoms with Crippen LogP contribution < -0.4 is 5.32 Å². The fraction of sp³-hybridized carbons (Fsp3) is 0.250. The lowest BCUT2D eigenvalue weighted by Gasteiger charge is -2.22. The van der Waals surface area contributed by atoms with Crippen LogP contribution in [0.3, 0.4) is 0 Å². The Morgan fingerprint density at radius 3 is 2.52 bits per heavy atom. The number of halogens is 1. The van der Waals surface area contributed by atoms with E-state index in [4.69, 9.17) is 0 Å². The Kier molecular flexibility index (Phi) is 7.45. The lowest BCUT2D eigenvalue weighted by molar-refractivity contribution is -0.115. The molecule has 4 aromatic heterocycles.